The molecule has 1 amide bonds. The van der Waals surface area contributed by atoms with Crippen LogP contribution in [0.5, 0.6) is 0 Å². The van der Waals surface area contributed by atoms with Gasteiger partial charge in [-0.05, 0) is 77.8 Å². The average molecular weight is 615 g/mol. The molecular weight excluding hydrogens is 576 g/mol. The van der Waals surface area contributed by atoms with Crippen molar-refractivity contribution in [2.24, 2.45) is 16.1 Å². The van der Waals surface area contributed by atoms with E-state index in [1.54, 1.807) is 36.4 Å². The van der Waals surface area contributed by atoms with E-state index in [4.69, 9.17) is 16.3 Å². The molecule has 230 valence electrons. The summed E-state index contributed by atoms with van der Waals surface area (Å²) in [6.45, 7) is 4.55. The number of amidine groups is 1. The zero-order valence-electron chi connectivity index (χ0n) is 24.8. The molecule has 6 rings (SSSR count). The summed E-state index contributed by atoms with van der Waals surface area (Å²) in [7, 11) is -3.66. The maximum Gasteiger partial charge on any atom is 0.273 e. The van der Waals surface area contributed by atoms with Crippen LogP contribution in [-0.4, -0.2) is 50.9 Å². The molecule has 3 aromatic rings. The molecule has 2 fully saturated rings. The monoisotopic (exact) mass is 614 g/mol. The number of aliphatic imine (C=N–C) groups is 1. The summed E-state index contributed by atoms with van der Waals surface area (Å²) in [5.41, 5.74) is 17.3. The Hall–Kier alpha value is -4.03. The van der Waals surface area contributed by atoms with Crippen LogP contribution in [0.3, 0.4) is 0 Å². The number of amides is 1. The van der Waals surface area contributed by atoms with Crippen LogP contribution in [0.15, 0.2) is 82.2 Å². The summed E-state index contributed by atoms with van der Waals surface area (Å²) in [5, 5.41) is 4.65. The van der Waals surface area contributed by atoms with Gasteiger partial charge < -0.3 is 16.8 Å². The zero-order valence-corrected chi connectivity index (χ0v) is 25.6. The highest BCUT2D eigenvalue weighted by molar-refractivity contribution is 7.89. The lowest BCUT2D eigenvalue weighted by molar-refractivity contribution is -0.187. The molecule has 1 saturated carbocycles. The van der Waals surface area contributed by atoms with E-state index in [2.05, 4.69) is 15.0 Å². The Bertz CT molecular complexity index is 1720. The van der Waals surface area contributed by atoms with Crippen molar-refractivity contribution in [3.8, 4) is 11.1 Å². The summed E-state index contributed by atoms with van der Waals surface area (Å²) in [6.07, 6.45) is 4.42. The average Bonchev–Trinajstić information content (AvgIpc) is 3.14. The van der Waals surface area contributed by atoms with E-state index in [1.165, 1.54) is 5.06 Å². The molecule has 3 aliphatic rings. The fraction of sp³-hybridized carbons (Fsp3) is 0.333. The SMILES string of the molecule is CCCN(OCc1ccc(N)cc1)C(=O)C1=Cc2ccc(-c3cccc(S(=O)(=O)NC4CC5(CNC5)C4)c3)cc2N=C(N)C1. The maximum atomic E-state index is 13.6. The van der Waals surface area contributed by atoms with Gasteiger partial charge in [0.15, 0.2) is 0 Å². The number of benzene rings is 3. The topological polar surface area (TPSA) is 152 Å². The van der Waals surface area contributed by atoms with Crippen LogP contribution < -0.4 is 21.5 Å². The van der Waals surface area contributed by atoms with Gasteiger partial charge in [0.1, 0.15) is 12.4 Å². The molecule has 1 aliphatic carbocycles. The second kappa shape index (κ2) is 12.2. The Morgan fingerprint density at radius 3 is 2.52 bits per heavy atom. The normalized spacial score (nSPS) is 17.5. The van der Waals surface area contributed by atoms with Gasteiger partial charge in [0.25, 0.3) is 5.91 Å². The molecule has 2 heterocycles. The minimum Gasteiger partial charge on any atom is -0.399 e. The molecule has 1 spiro atoms. The Morgan fingerprint density at radius 2 is 1.82 bits per heavy atom. The lowest BCUT2D eigenvalue weighted by atomic mass is 9.62. The highest BCUT2D eigenvalue weighted by Gasteiger charge is 2.49. The molecule has 2 aliphatic heterocycles. The predicted octanol–water partition coefficient (Wildman–Crippen LogP) is 4.11. The largest absolute Gasteiger partial charge is 0.399 e. The highest BCUT2D eigenvalue weighted by Crippen LogP contribution is 2.44. The Labute approximate surface area is 258 Å². The molecule has 0 unspecified atom stereocenters. The van der Waals surface area contributed by atoms with E-state index >= 15 is 0 Å². The van der Waals surface area contributed by atoms with Crippen LogP contribution in [-0.2, 0) is 26.3 Å². The number of sulfonamides is 1. The van der Waals surface area contributed by atoms with Crippen molar-refractivity contribution in [3.05, 3.63) is 83.4 Å². The molecule has 10 nitrogen and oxygen atoms in total. The van der Waals surface area contributed by atoms with E-state index < -0.39 is 10.0 Å². The van der Waals surface area contributed by atoms with Gasteiger partial charge in [-0.15, -0.1) is 0 Å². The van der Waals surface area contributed by atoms with E-state index in [0.29, 0.717) is 35.7 Å². The number of nitrogens with zero attached hydrogens (tertiary/aromatic N) is 2. The summed E-state index contributed by atoms with van der Waals surface area (Å²) in [4.78, 5) is 24.3. The number of fused-ring (bicyclic) bond motifs is 1. The third-order valence-electron chi connectivity index (χ3n) is 8.45. The molecule has 0 radical (unpaired) electrons. The smallest absolute Gasteiger partial charge is 0.273 e. The number of rotatable bonds is 10. The first-order chi connectivity index (χ1) is 21.1. The third-order valence-corrected chi connectivity index (χ3v) is 9.97. The number of hydroxylamine groups is 2. The second-order valence-corrected chi connectivity index (χ2v) is 13.7. The quantitative estimate of drug-likeness (QED) is 0.198. The Morgan fingerprint density at radius 1 is 1.07 bits per heavy atom. The lowest BCUT2D eigenvalue weighted by Gasteiger charge is -2.54. The lowest BCUT2D eigenvalue weighted by Crippen LogP contribution is -2.65. The van der Waals surface area contributed by atoms with Gasteiger partial charge in [0, 0.05) is 48.9 Å². The van der Waals surface area contributed by atoms with E-state index in [1.807, 2.05) is 43.3 Å². The first-order valence-corrected chi connectivity index (χ1v) is 16.4. The third kappa shape index (κ3) is 6.41. The van der Waals surface area contributed by atoms with Gasteiger partial charge in [-0.3, -0.25) is 9.63 Å². The second-order valence-electron chi connectivity index (χ2n) is 12.0. The molecule has 0 atom stereocenters. The molecule has 1 saturated heterocycles. The molecule has 0 aromatic heterocycles. The van der Waals surface area contributed by atoms with Crippen molar-refractivity contribution < 1.29 is 18.0 Å². The van der Waals surface area contributed by atoms with Crippen molar-refractivity contribution in [3.63, 3.8) is 0 Å². The van der Waals surface area contributed by atoms with Gasteiger partial charge in [0.2, 0.25) is 10.0 Å². The molecule has 44 heavy (non-hydrogen) atoms. The van der Waals surface area contributed by atoms with Crippen LogP contribution in [0.1, 0.15) is 43.7 Å². The van der Waals surface area contributed by atoms with E-state index in [-0.39, 0.29) is 35.3 Å². The van der Waals surface area contributed by atoms with Gasteiger partial charge in [-0.1, -0.05) is 43.3 Å². The van der Waals surface area contributed by atoms with Crippen molar-refractivity contribution in [2.75, 3.05) is 25.4 Å². The number of nitrogens with two attached hydrogens (primary N) is 2. The van der Waals surface area contributed by atoms with Gasteiger partial charge in [0.05, 0.1) is 10.6 Å². The summed E-state index contributed by atoms with van der Waals surface area (Å²) in [5.74, 6) is 0.0321. The minimum atomic E-state index is -3.66. The van der Waals surface area contributed by atoms with Crippen LogP contribution in [0.4, 0.5) is 11.4 Å². The zero-order chi connectivity index (χ0) is 30.9. The number of anilines is 1. The van der Waals surface area contributed by atoms with Gasteiger partial charge >= 0.3 is 0 Å². The maximum absolute atomic E-state index is 13.6. The molecular formula is C33H38N6O4S. The van der Waals surface area contributed by atoms with Gasteiger partial charge in [-0.2, -0.15) is 0 Å². The summed E-state index contributed by atoms with van der Waals surface area (Å²) < 4.78 is 29.2. The summed E-state index contributed by atoms with van der Waals surface area (Å²) in [6, 6.07) is 19.8. The highest BCUT2D eigenvalue weighted by atomic mass is 32.2. The van der Waals surface area contributed by atoms with Crippen molar-refractivity contribution in [1.29, 1.82) is 0 Å². The van der Waals surface area contributed by atoms with Crippen LogP contribution >= 0.6 is 0 Å². The van der Waals surface area contributed by atoms with Crippen LogP contribution in [0.25, 0.3) is 17.2 Å². The van der Waals surface area contributed by atoms with E-state index in [0.717, 1.165) is 48.2 Å². The fourth-order valence-corrected chi connectivity index (χ4v) is 7.31. The molecule has 0 bridgehead atoms. The molecule has 3 aromatic carbocycles. The number of nitrogens with one attached hydrogen (secondary N) is 2. The Balaban J connectivity index is 1.20. The number of carbonyl (C=O) groups excluding carboxylic acids is 1. The predicted molar refractivity (Wildman–Crippen MR) is 172 cm³/mol. The standard InChI is InChI=1S/C33H38N6O4S/c1-2-12-39(43-19-22-6-10-27(34)11-7-22)32(40)26-13-25-9-8-24(15-30(25)37-31(35)16-26)23-4-3-5-29(14-23)44(41,42)38-28-17-33(18-28)20-36-21-33/h3-11,13-15,28,36,38H,2,12,16-21,34H2,1H3,(H2,35,37). The van der Waals surface area contributed by atoms with Crippen molar-refractivity contribution >= 4 is 39.2 Å². The number of hydrogen-bond acceptors (Lipinski definition) is 8. The minimum absolute atomic E-state index is 0.0318. The van der Waals surface area contributed by atoms with E-state index in [9.17, 15) is 13.2 Å². The molecule has 6 N–H and O–H groups in total. The van der Waals surface area contributed by atoms with Crippen molar-refractivity contribution in [1.82, 2.24) is 15.1 Å². The number of hydrogen-bond donors (Lipinski definition) is 4. The molecule has 11 heteroatoms. The van der Waals surface area contributed by atoms with Crippen LogP contribution in [0, 0.1) is 5.41 Å². The van der Waals surface area contributed by atoms with Crippen LogP contribution in [0.2, 0.25) is 0 Å². The van der Waals surface area contributed by atoms with Crippen molar-refractivity contribution in [2.45, 2.75) is 50.2 Å². The number of carbonyl (C=O) groups is 1. The fourth-order valence-electron chi connectivity index (χ4n) is 6.03. The summed E-state index contributed by atoms with van der Waals surface area (Å²) >= 11 is 0. The first kappa shape index (κ1) is 30.0. The number of nitrogen functional groups attached to an aromatic ring is 1. The van der Waals surface area contributed by atoms with Gasteiger partial charge in [-0.25, -0.2) is 23.2 Å². The Kier molecular flexibility index (Phi) is 8.30. The first-order valence-electron chi connectivity index (χ1n) is 14.9.